The Labute approximate surface area is 203 Å². The van der Waals surface area contributed by atoms with Crippen LogP contribution >= 0.6 is 11.8 Å². The van der Waals surface area contributed by atoms with Crippen LogP contribution in [0.5, 0.6) is 5.75 Å². The number of nitrogens with one attached hydrogen (secondary N) is 1. The number of thioether (sulfide) groups is 1. The molecular formula is C25H27N5O3S. The molecule has 9 heteroatoms. The van der Waals surface area contributed by atoms with Crippen LogP contribution in [0.1, 0.15) is 17.3 Å². The monoisotopic (exact) mass is 477 g/mol. The van der Waals surface area contributed by atoms with Gasteiger partial charge in [-0.2, -0.15) is 0 Å². The Bertz CT molecular complexity index is 1130. The number of carbonyl (C=O) groups is 2. The lowest BCUT2D eigenvalue weighted by molar-refractivity contribution is -0.113. The number of methoxy groups -OCH3 is 1. The maximum absolute atomic E-state index is 12.2. The number of rotatable bonds is 8. The molecule has 8 nitrogen and oxygen atoms in total. The third kappa shape index (κ3) is 5.85. The van der Waals surface area contributed by atoms with E-state index in [2.05, 4.69) is 31.4 Å². The Morgan fingerprint density at radius 1 is 0.941 bits per heavy atom. The van der Waals surface area contributed by atoms with Crippen LogP contribution < -0.4 is 19.9 Å². The molecule has 0 unspecified atom stereocenters. The van der Waals surface area contributed by atoms with Crippen molar-refractivity contribution in [2.75, 3.05) is 54.2 Å². The number of para-hydroxylation sites is 2. The van der Waals surface area contributed by atoms with Crippen molar-refractivity contribution in [1.82, 2.24) is 10.2 Å². The van der Waals surface area contributed by atoms with Crippen LogP contribution in [0.15, 0.2) is 65.7 Å². The first-order valence-corrected chi connectivity index (χ1v) is 12.0. The molecule has 0 aliphatic carbocycles. The summed E-state index contributed by atoms with van der Waals surface area (Å²) in [6, 6.07) is 18.8. The zero-order valence-electron chi connectivity index (χ0n) is 19.2. The normalized spacial score (nSPS) is 13.5. The van der Waals surface area contributed by atoms with Crippen LogP contribution in [0.2, 0.25) is 0 Å². The number of carbonyl (C=O) groups excluding carboxylic acids is 2. The largest absolute Gasteiger partial charge is 0.495 e. The van der Waals surface area contributed by atoms with Crippen LogP contribution in [0.25, 0.3) is 0 Å². The molecule has 1 N–H and O–H groups in total. The van der Waals surface area contributed by atoms with Gasteiger partial charge in [-0.15, -0.1) is 10.2 Å². The molecule has 34 heavy (non-hydrogen) atoms. The van der Waals surface area contributed by atoms with E-state index in [4.69, 9.17) is 4.74 Å². The summed E-state index contributed by atoms with van der Waals surface area (Å²) in [5.74, 6) is 1.79. The van der Waals surface area contributed by atoms with E-state index >= 15 is 0 Å². The number of ketones is 1. The van der Waals surface area contributed by atoms with Gasteiger partial charge in [0.25, 0.3) is 0 Å². The molecule has 1 amide bonds. The quantitative estimate of drug-likeness (QED) is 0.388. The van der Waals surface area contributed by atoms with E-state index in [0.717, 1.165) is 43.4 Å². The number of Topliss-reactive ketones (excluding diaryl/α,β-unsaturated/α-hetero) is 1. The van der Waals surface area contributed by atoms with Crippen molar-refractivity contribution in [2.24, 2.45) is 0 Å². The highest BCUT2D eigenvalue weighted by Gasteiger charge is 2.20. The number of aromatic nitrogens is 2. The Balaban J connectivity index is 1.25. The molecule has 2 heterocycles. The number of anilines is 3. The van der Waals surface area contributed by atoms with Crippen molar-refractivity contribution in [1.29, 1.82) is 0 Å². The molecule has 176 valence electrons. The lowest BCUT2D eigenvalue weighted by Crippen LogP contribution is -2.47. The lowest BCUT2D eigenvalue weighted by atomic mass is 10.1. The first-order chi connectivity index (χ1) is 16.5. The molecule has 2 aromatic carbocycles. The van der Waals surface area contributed by atoms with Gasteiger partial charge in [-0.1, -0.05) is 23.9 Å². The molecule has 0 saturated carbocycles. The molecule has 1 aliphatic rings. The van der Waals surface area contributed by atoms with E-state index < -0.39 is 0 Å². The lowest BCUT2D eigenvalue weighted by Gasteiger charge is -2.37. The number of nitrogens with zero attached hydrogens (tertiary/aromatic N) is 4. The minimum atomic E-state index is -0.140. The fourth-order valence-corrected chi connectivity index (χ4v) is 4.36. The van der Waals surface area contributed by atoms with Gasteiger partial charge in [0.15, 0.2) is 11.6 Å². The van der Waals surface area contributed by atoms with Gasteiger partial charge in [-0.05, 0) is 55.5 Å². The average Bonchev–Trinajstić information content (AvgIpc) is 2.88. The van der Waals surface area contributed by atoms with E-state index in [1.165, 1.54) is 18.7 Å². The van der Waals surface area contributed by atoms with Crippen molar-refractivity contribution in [2.45, 2.75) is 11.9 Å². The van der Waals surface area contributed by atoms with Crippen molar-refractivity contribution < 1.29 is 14.3 Å². The highest BCUT2D eigenvalue weighted by atomic mass is 32.2. The number of hydrogen-bond donors (Lipinski definition) is 1. The van der Waals surface area contributed by atoms with Gasteiger partial charge in [-0.3, -0.25) is 9.59 Å². The molecule has 1 saturated heterocycles. The highest BCUT2D eigenvalue weighted by molar-refractivity contribution is 7.99. The van der Waals surface area contributed by atoms with E-state index in [1.54, 1.807) is 31.4 Å². The molecule has 0 spiro atoms. The second kappa shape index (κ2) is 11.0. The van der Waals surface area contributed by atoms with Crippen LogP contribution in [0.3, 0.4) is 0 Å². The second-order valence-electron chi connectivity index (χ2n) is 7.85. The first-order valence-electron chi connectivity index (χ1n) is 11.0. The van der Waals surface area contributed by atoms with E-state index in [1.807, 2.05) is 30.3 Å². The van der Waals surface area contributed by atoms with Gasteiger partial charge >= 0.3 is 0 Å². The maximum atomic E-state index is 12.2. The Morgan fingerprint density at radius 3 is 2.29 bits per heavy atom. The summed E-state index contributed by atoms with van der Waals surface area (Å²) in [4.78, 5) is 28.1. The topological polar surface area (TPSA) is 87.7 Å². The van der Waals surface area contributed by atoms with Gasteiger partial charge < -0.3 is 19.9 Å². The average molecular weight is 478 g/mol. The van der Waals surface area contributed by atoms with E-state index in [9.17, 15) is 9.59 Å². The summed E-state index contributed by atoms with van der Waals surface area (Å²) in [5.41, 5.74) is 2.38. The predicted molar refractivity (Wildman–Crippen MR) is 135 cm³/mol. The van der Waals surface area contributed by atoms with E-state index in [-0.39, 0.29) is 17.4 Å². The molecule has 0 atom stereocenters. The van der Waals surface area contributed by atoms with Gasteiger partial charge in [0.05, 0.1) is 18.6 Å². The predicted octanol–water partition coefficient (Wildman–Crippen LogP) is 3.75. The van der Waals surface area contributed by atoms with Crippen LogP contribution in [0, 0.1) is 0 Å². The minimum absolute atomic E-state index is 0.00578. The smallest absolute Gasteiger partial charge is 0.234 e. The molecule has 1 fully saturated rings. The number of piperazine rings is 1. The maximum Gasteiger partial charge on any atom is 0.234 e. The van der Waals surface area contributed by atoms with Crippen LogP contribution in [-0.2, 0) is 4.79 Å². The number of amides is 1. The zero-order chi connectivity index (χ0) is 23.9. The van der Waals surface area contributed by atoms with Crippen molar-refractivity contribution in [3.63, 3.8) is 0 Å². The molecule has 1 aromatic heterocycles. The zero-order valence-corrected chi connectivity index (χ0v) is 20.0. The fraction of sp³-hybridized carbons (Fsp3) is 0.280. The Hall–Kier alpha value is -3.59. The Morgan fingerprint density at radius 2 is 1.65 bits per heavy atom. The second-order valence-corrected chi connectivity index (χ2v) is 8.84. The molecule has 4 rings (SSSR count). The summed E-state index contributed by atoms with van der Waals surface area (Å²) in [5, 5.41) is 12.2. The molecule has 1 aliphatic heterocycles. The third-order valence-corrected chi connectivity index (χ3v) is 6.50. The number of benzene rings is 2. The third-order valence-electron chi connectivity index (χ3n) is 5.58. The summed E-state index contributed by atoms with van der Waals surface area (Å²) >= 11 is 1.33. The standard InChI is InChI=1S/C25H27N5O3S/c1-18(31)19-7-9-20(10-8-19)26-24(32)17-34-25-12-11-23(27-28-25)30-15-13-29(14-16-30)21-5-3-4-6-22(21)33-2/h3-12H,13-17H2,1-2H3,(H,26,32). The van der Waals surface area contributed by atoms with Gasteiger partial charge in [-0.25, -0.2) is 0 Å². The minimum Gasteiger partial charge on any atom is -0.495 e. The van der Waals surface area contributed by atoms with Gasteiger partial charge in [0, 0.05) is 37.4 Å². The summed E-state index contributed by atoms with van der Waals surface area (Å²) in [6.07, 6.45) is 0. The number of hydrogen-bond acceptors (Lipinski definition) is 8. The fourth-order valence-electron chi connectivity index (χ4n) is 3.75. The summed E-state index contributed by atoms with van der Waals surface area (Å²) < 4.78 is 5.49. The van der Waals surface area contributed by atoms with Crippen molar-refractivity contribution >= 4 is 40.6 Å². The summed E-state index contributed by atoms with van der Waals surface area (Å²) in [6.45, 7) is 4.92. The SMILES string of the molecule is COc1ccccc1N1CCN(c2ccc(SCC(=O)Nc3ccc(C(C)=O)cc3)nn2)CC1. The van der Waals surface area contributed by atoms with Crippen molar-refractivity contribution in [3.05, 3.63) is 66.2 Å². The first kappa shape index (κ1) is 23.6. The molecular weight excluding hydrogens is 450 g/mol. The Kier molecular flexibility index (Phi) is 7.64. The molecule has 3 aromatic rings. The van der Waals surface area contributed by atoms with Gasteiger partial charge in [0.1, 0.15) is 10.8 Å². The van der Waals surface area contributed by atoms with Gasteiger partial charge in [0.2, 0.25) is 5.91 Å². The van der Waals surface area contributed by atoms with Crippen LogP contribution in [-0.4, -0.2) is 60.9 Å². The summed E-state index contributed by atoms with van der Waals surface area (Å²) in [7, 11) is 1.70. The highest BCUT2D eigenvalue weighted by Crippen LogP contribution is 2.29. The molecule has 0 radical (unpaired) electrons. The van der Waals surface area contributed by atoms with Crippen molar-refractivity contribution in [3.8, 4) is 5.75 Å². The van der Waals surface area contributed by atoms with Crippen LogP contribution in [0.4, 0.5) is 17.2 Å². The molecule has 0 bridgehead atoms. The van der Waals surface area contributed by atoms with E-state index in [0.29, 0.717) is 16.3 Å². The number of ether oxygens (including phenoxy) is 1.